The van der Waals surface area contributed by atoms with Gasteiger partial charge < -0.3 is 14.5 Å². The number of amides is 1. The summed E-state index contributed by atoms with van der Waals surface area (Å²) < 4.78 is 19.6. The van der Waals surface area contributed by atoms with Crippen LogP contribution in [0.25, 0.3) is 0 Å². The van der Waals surface area contributed by atoms with Crippen molar-refractivity contribution in [3.8, 4) is 5.75 Å². The average molecular weight is 641 g/mol. The Kier molecular flexibility index (Phi) is 10.0. The Labute approximate surface area is 272 Å². The normalized spacial score (nSPS) is 13.3. The number of benzene rings is 4. The Morgan fingerprint density at radius 1 is 0.822 bits per heavy atom. The Morgan fingerprint density at radius 2 is 1.51 bits per heavy atom. The fourth-order valence-corrected chi connectivity index (χ4v) is 6.38. The first kappa shape index (κ1) is 30.8. The molecule has 230 valence electrons. The fraction of sp³-hybridized carbons (Fsp3) is 0.222. The summed E-state index contributed by atoms with van der Waals surface area (Å²) in [4.78, 5) is 24.5. The topological polar surface area (TPSA) is 48.9 Å². The van der Waals surface area contributed by atoms with E-state index in [0.717, 1.165) is 46.2 Å². The first-order valence-electron chi connectivity index (χ1n) is 15.0. The zero-order chi connectivity index (χ0) is 31.0. The van der Waals surface area contributed by atoms with Gasteiger partial charge in [0.2, 0.25) is 0 Å². The summed E-state index contributed by atoms with van der Waals surface area (Å²) in [6.07, 6.45) is 0. The number of ether oxygens (including phenoxy) is 1. The van der Waals surface area contributed by atoms with E-state index < -0.39 is 0 Å². The van der Waals surface area contributed by atoms with Crippen LogP contribution in [0.1, 0.15) is 32.2 Å². The summed E-state index contributed by atoms with van der Waals surface area (Å²) >= 11 is 7.67. The van der Waals surface area contributed by atoms with E-state index in [1.54, 1.807) is 0 Å². The molecule has 0 unspecified atom stereocenters. The molecule has 0 atom stereocenters. The molecule has 1 aliphatic heterocycles. The fourth-order valence-electron chi connectivity index (χ4n) is 5.38. The third kappa shape index (κ3) is 8.48. The molecule has 6 nitrogen and oxygen atoms in total. The molecule has 0 radical (unpaired) electrons. The number of carbonyl (C=O) groups excluding carboxylic acids is 1. The van der Waals surface area contributed by atoms with Gasteiger partial charge in [-0.3, -0.25) is 9.69 Å². The van der Waals surface area contributed by atoms with Crippen molar-refractivity contribution in [3.05, 3.63) is 147 Å². The van der Waals surface area contributed by atoms with Crippen LogP contribution in [0.5, 0.6) is 5.75 Å². The Bertz CT molecular complexity index is 1690. The summed E-state index contributed by atoms with van der Waals surface area (Å²) in [5, 5.41) is 3.43. The van der Waals surface area contributed by atoms with E-state index in [4.69, 9.17) is 21.3 Å². The summed E-state index contributed by atoms with van der Waals surface area (Å²) in [5.41, 5.74) is 4.79. The number of thiazole rings is 1. The molecule has 1 aliphatic rings. The summed E-state index contributed by atoms with van der Waals surface area (Å²) in [6.45, 7) is 5.07. The molecule has 1 saturated heterocycles. The SMILES string of the molecule is O=C(c1csc(CN(Cc2ccc(F)cc2)Cc2ccc(OCc3ccccc3)cc2)n1)N1CCN(c2cccc(Cl)c2)CC1. The van der Waals surface area contributed by atoms with Gasteiger partial charge in [0.25, 0.3) is 5.91 Å². The van der Waals surface area contributed by atoms with Gasteiger partial charge in [0.15, 0.2) is 0 Å². The molecule has 0 bridgehead atoms. The molecule has 45 heavy (non-hydrogen) atoms. The number of halogens is 2. The van der Waals surface area contributed by atoms with Crippen molar-refractivity contribution in [2.75, 3.05) is 31.1 Å². The summed E-state index contributed by atoms with van der Waals surface area (Å²) in [6, 6.07) is 32.6. The quantitative estimate of drug-likeness (QED) is 0.148. The highest BCUT2D eigenvalue weighted by atomic mass is 35.5. The lowest BCUT2D eigenvalue weighted by Crippen LogP contribution is -2.48. The van der Waals surface area contributed by atoms with Gasteiger partial charge in [-0.2, -0.15) is 0 Å². The highest BCUT2D eigenvalue weighted by molar-refractivity contribution is 7.09. The van der Waals surface area contributed by atoms with Crippen LogP contribution in [-0.2, 0) is 26.2 Å². The van der Waals surface area contributed by atoms with Gasteiger partial charge in [-0.1, -0.05) is 72.3 Å². The molecular weight excluding hydrogens is 607 g/mol. The van der Waals surface area contributed by atoms with Gasteiger partial charge >= 0.3 is 0 Å². The molecule has 0 spiro atoms. The van der Waals surface area contributed by atoms with Crippen molar-refractivity contribution in [3.63, 3.8) is 0 Å². The van der Waals surface area contributed by atoms with E-state index in [1.807, 2.05) is 89.1 Å². The zero-order valence-corrected chi connectivity index (χ0v) is 26.4. The highest BCUT2D eigenvalue weighted by Crippen LogP contribution is 2.23. The first-order valence-corrected chi connectivity index (χ1v) is 16.2. The second-order valence-corrected chi connectivity index (χ2v) is 12.5. The Morgan fingerprint density at radius 3 is 2.20 bits per heavy atom. The number of nitrogens with zero attached hydrogens (tertiary/aromatic N) is 4. The van der Waals surface area contributed by atoms with Gasteiger partial charge in [-0.15, -0.1) is 11.3 Å². The molecule has 5 aromatic rings. The van der Waals surface area contributed by atoms with Crippen LogP contribution in [0, 0.1) is 5.82 Å². The summed E-state index contributed by atoms with van der Waals surface area (Å²) in [7, 11) is 0. The predicted molar refractivity (Wildman–Crippen MR) is 178 cm³/mol. The van der Waals surface area contributed by atoms with Crippen molar-refractivity contribution in [2.24, 2.45) is 0 Å². The van der Waals surface area contributed by atoms with Gasteiger partial charge in [0.05, 0.1) is 6.54 Å². The molecule has 6 rings (SSSR count). The lowest BCUT2D eigenvalue weighted by atomic mass is 10.1. The Balaban J connectivity index is 1.09. The number of anilines is 1. The van der Waals surface area contributed by atoms with Crippen molar-refractivity contribution in [1.82, 2.24) is 14.8 Å². The lowest BCUT2D eigenvalue weighted by molar-refractivity contribution is 0.0741. The second-order valence-electron chi connectivity index (χ2n) is 11.1. The molecule has 1 amide bonds. The van der Waals surface area contributed by atoms with E-state index in [-0.39, 0.29) is 11.7 Å². The lowest BCUT2D eigenvalue weighted by Gasteiger charge is -2.35. The molecule has 4 aromatic carbocycles. The predicted octanol–water partition coefficient (Wildman–Crippen LogP) is 7.68. The molecule has 0 N–H and O–H groups in total. The zero-order valence-electron chi connectivity index (χ0n) is 24.8. The van der Waals surface area contributed by atoms with Crippen molar-refractivity contribution >= 4 is 34.5 Å². The molecule has 2 heterocycles. The van der Waals surface area contributed by atoms with Crippen LogP contribution in [-0.4, -0.2) is 46.9 Å². The monoisotopic (exact) mass is 640 g/mol. The van der Waals surface area contributed by atoms with Crippen molar-refractivity contribution in [1.29, 1.82) is 0 Å². The molecule has 0 saturated carbocycles. The van der Waals surface area contributed by atoms with Crippen LogP contribution in [0.15, 0.2) is 109 Å². The van der Waals surface area contributed by atoms with E-state index in [0.29, 0.717) is 50.0 Å². The smallest absolute Gasteiger partial charge is 0.273 e. The third-order valence-corrected chi connectivity index (χ3v) is 8.84. The van der Waals surface area contributed by atoms with Crippen LogP contribution in [0.2, 0.25) is 5.02 Å². The Hall–Kier alpha value is -4.24. The molecule has 1 aromatic heterocycles. The number of aromatic nitrogens is 1. The van der Waals surface area contributed by atoms with Crippen LogP contribution in [0.4, 0.5) is 10.1 Å². The third-order valence-electron chi connectivity index (χ3n) is 7.77. The minimum Gasteiger partial charge on any atom is -0.489 e. The first-order chi connectivity index (χ1) is 22.0. The van der Waals surface area contributed by atoms with Gasteiger partial charge in [-0.05, 0) is 59.2 Å². The molecule has 9 heteroatoms. The highest BCUT2D eigenvalue weighted by Gasteiger charge is 2.24. The van der Waals surface area contributed by atoms with E-state index in [1.165, 1.54) is 23.5 Å². The van der Waals surface area contributed by atoms with Crippen LogP contribution >= 0.6 is 22.9 Å². The van der Waals surface area contributed by atoms with E-state index in [9.17, 15) is 9.18 Å². The van der Waals surface area contributed by atoms with Crippen LogP contribution in [0.3, 0.4) is 0 Å². The standard InChI is InChI=1S/C36H34ClFN4O2S/c37-30-7-4-8-32(21-30)41-17-19-42(20-18-41)36(43)34-26-45-35(39-34)24-40(22-27-9-13-31(38)14-10-27)23-28-11-15-33(16-12-28)44-25-29-5-2-1-3-6-29/h1-16,21,26H,17-20,22-25H2. The van der Waals surface area contributed by atoms with E-state index in [2.05, 4.69) is 21.9 Å². The number of hydrogen-bond acceptors (Lipinski definition) is 6. The van der Waals surface area contributed by atoms with Gasteiger partial charge in [0, 0.05) is 55.4 Å². The largest absolute Gasteiger partial charge is 0.489 e. The minimum absolute atomic E-state index is 0.0422. The van der Waals surface area contributed by atoms with E-state index >= 15 is 0 Å². The second kappa shape index (κ2) is 14.7. The maximum absolute atomic E-state index is 13.6. The maximum atomic E-state index is 13.6. The number of carbonyl (C=O) groups is 1. The average Bonchev–Trinajstić information content (AvgIpc) is 3.54. The number of piperazine rings is 1. The number of rotatable bonds is 11. The maximum Gasteiger partial charge on any atom is 0.273 e. The minimum atomic E-state index is -0.257. The van der Waals surface area contributed by atoms with Crippen LogP contribution < -0.4 is 9.64 Å². The number of hydrogen-bond donors (Lipinski definition) is 0. The van der Waals surface area contributed by atoms with Gasteiger partial charge in [-0.25, -0.2) is 9.37 Å². The van der Waals surface area contributed by atoms with Crippen molar-refractivity contribution in [2.45, 2.75) is 26.2 Å². The molecule has 0 aliphatic carbocycles. The molecule has 1 fully saturated rings. The van der Waals surface area contributed by atoms with Gasteiger partial charge in [0.1, 0.15) is 28.9 Å². The molecular formula is C36H34ClFN4O2S. The summed E-state index contributed by atoms with van der Waals surface area (Å²) in [5.74, 6) is 0.511. The van der Waals surface area contributed by atoms with Crippen molar-refractivity contribution < 1.29 is 13.9 Å².